The van der Waals surface area contributed by atoms with E-state index in [4.69, 9.17) is 0 Å². The van der Waals surface area contributed by atoms with Gasteiger partial charge in [0.2, 0.25) is 5.91 Å². The maximum Gasteiger partial charge on any atom is 0.220 e. The van der Waals surface area contributed by atoms with Crippen molar-refractivity contribution in [1.82, 2.24) is 10.6 Å². The monoisotopic (exact) mass is 328 g/mol. The zero-order valence-corrected chi connectivity index (χ0v) is 15.6. The van der Waals surface area contributed by atoms with Crippen LogP contribution in [0.4, 0.5) is 0 Å². The molecule has 2 bridgehead atoms. The van der Waals surface area contributed by atoms with Crippen LogP contribution in [-0.4, -0.2) is 18.0 Å². The van der Waals surface area contributed by atoms with Crippen molar-refractivity contribution in [3.05, 3.63) is 35.4 Å². The highest BCUT2D eigenvalue weighted by Gasteiger charge is 2.35. The minimum absolute atomic E-state index is 0.00337. The molecule has 0 saturated carbocycles. The van der Waals surface area contributed by atoms with Crippen LogP contribution >= 0.6 is 0 Å². The Hall–Kier alpha value is -1.35. The lowest BCUT2D eigenvalue weighted by Crippen LogP contribution is -2.41. The Morgan fingerprint density at radius 1 is 1.25 bits per heavy atom. The van der Waals surface area contributed by atoms with Gasteiger partial charge >= 0.3 is 0 Å². The molecule has 3 nitrogen and oxygen atoms in total. The molecule has 3 atom stereocenters. The summed E-state index contributed by atoms with van der Waals surface area (Å²) in [6, 6.07) is 9.88. The van der Waals surface area contributed by atoms with E-state index in [2.05, 4.69) is 62.6 Å². The summed E-state index contributed by atoms with van der Waals surface area (Å²) in [5, 5.41) is 7.00. The number of carbonyl (C=O) groups excluding carboxylic acids is 1. The molecule has 0 aliphatic carbocycles. The quantitative estimate of drug-likeness (QED) is 0.873. The maximum absolute atomic E-state index is 12.7. The van der Waals surface area contributed by atoms with Gasteiger partial charge in [-0.2, -0.15) is 0 Å². The van der Waals surface area contributed by atoms with Gasteiger partial charge in [0.25, 0.3) is 0 Å². The summed E-state index contributed by atoms with van der Waals surface area (Å²) in [6.07, 6.45) is 5.57. The summed E-state index contributed by atoms with van der Waals surface area (Å²) < 4.78 is 0. The number of fused-ring (bicyclic) bond motifs is 2. The van der Waals surface area contributed by atoms with Crippen molar-refractivity contribution in [2.45, 2.75) is 77.9 Å². The van der Waals surface area contributed by atoms with Gasteiger partial charge in [0.05, 0.1) is 6.04 Å². The van der Waals surface area contributed by atoms with Gasteiger partial charge in [-0.1, -0.05) is 50.6 Å². The van der Waals surface area contributed by atoms with Crippen LogP contribution < -0.4 is 10.6 Å². The number of hydrogen-bond donors (Lipinski definition) is 2. The highest BCUT2D eigenvalue weighted by molar-refractivity contribution is 5.76. The molecule has 0 aromatic heterocycles. The average molecular weight is 328 g/mol. The first-order valence-electron chi connectivity index (χ1n) is 9.43. The van der Waals surface area contributed by atoms with E-state index in [0.29, 0.717) is 24.4 Å². The molecule has 3 unspecified atom stereocenters. The molecule has 2 aliphatic heterocycles. The predicted octanol–water partition coefficient (Wildman–Crippen LogP) is 4.12. The molecule has 3 heteroatoms. The zero-order valence-electron chi connectivity index (χ0n) is 15.6. The van der Waals surface area contributed by atoms with Crippen molar-refractivity contribution >= 4 is 5.91 Å². The Bertz CT molecular complexity index is 578. The van der Waals surface area contributed by atoms with Crippen molar-refractivity contribution < 1.29 is 4.79 Å². The molecule has 0 radical (unpaired) electrons. The summed E-state index contributed by atoms with van der Waals surface area (Å²) in [4.78, 5) is 12.7. The molecule has 1 aromatic rings. The lowest BCUT2D eigenvalue weighted by atomic mass is 9.81. The van der Waals surface area contributed by atoms with E-state index in [9.17, 15) is 4.79 Å². The van der Waals surface area contributed by atoms with Gasteiger partial charge in [0.1, 0.15) is 0 Å². The van der Waals surface area contributed by atoms with Crippen LogP contribution in [0.1, 0.15) is 70.0 Å². The van der Waals surface area contributed by atoms with E-state index in [0.717, 1.165) is 12.8 Å². The van der Waals surface area contributed by atoms with Crippen LogP contribution in [0.3, 0.4) is 0 Å². The molecule has 3 rings (SSSR count). The highest BCUT2D eigenvalue weighted by atomic mass is 16.1. The van der Waals surface area contributed by atoms with Gasteiger partial charge in [-0.25, -0.2) is 0 Å². The van der Waals surface area contributed by atoms with Crippen LogP contribution in [0, 0.1) is 18.3 Å². The first-order valence-corrected chi connectivity index (χ1v) is 9.43. The van der Waals surface area contributed by atoms with Crippen LogP contribution in [0.15, 0.2) is 24.3 Å². The van der Waals surface area contributed by atoms with Crippen LogP contribution in [0.5, 0.6) is 0 Å². The zero-order chi connectivity index (χ0) is 17.3. The summed E-state index contributed by atoms with van der Waals surface area (Å²) in [5.74, 6) is 0.754. The summed E-state index contributed by atoms with van der Waals surface area (Å²) in [7, 11) is 0. The number of carbonyl (C=O) groups is 1. The second-order valence-corrected chi connectivity index (χ2v) is 8.96. The van der Waals surface area contributed by atoms with Gasteiger partial charge in [-0.05, 0) is 49.5 Å². The Balaban J connectivity index is 1.65. The van der Waals surface area contributed by atoms with Crippen molar-refractivity contribution in [2.75, 3.05) is 0 Å². The van der Waals surface area contributed by atoms with E-state index < -0.39 is 0 Å². The topological polar surface area (TPSA) is 41.1 Å². The lowest BCUT2D eigenvalue weighted by Gasteiger charge is -2.34. The predicted molar refractivity (Wildman–Crippen MR) is 98.8 cm³/mol. The van der Waals surface area contributed by atoms with Crippen LogP contribution in [-0.2, 0) is 4.79 Å². The molecule has 2 saturated heterocycles. The highest BCUT2D eigenvalue weighted by Crippen LogP contribution is 2.35. The fourth-order valence-electron chi connectivity index (χ4n) is 4.47. The second-order valence-electron chi connectivity index (χ2n) is 8.96. The van der Waals surface area contributed by atoms with E-state index >= 15 is 0 Å². The largest absolute Gasteiger partial charge is 0.349 e. The van der Waals surface area contributed by atoms with Crippen LogP contribution in [0.2, 0.25) is 0 Å². The lowest BCUT2D eigenvalue weighted by molar-refractivity contribution is -0.123. The number of benzene rings is 1. The third kappa shape index (κ3) is 4.18. The number of nitrogens with one attached hydrogen (secondary N) is 2. The fraction of sp³-hybridized carbons (Fsp3) is 0.667. The molecule has 24 heavy (non-hydrogen) atoms. The van der Waals surface area contributed by atoms with Gasteiger partial charge in [-0.3, -0.25) is 4.79 Å². The van der Waals surface area contributed by atoms with Gasteiger partial charge < -0.3 is 10.6 Å². The minimum Gasteiger partial charge on any atom is -0.349 e. The summed E-state index contributed by atoms with van der Waals surface area (Å²) >= 11 is 0. The Morgan fingerprint density at radius 3 is 2.50 bits per heavy atom. The molecule has 2 N–H and O–H groups in total. The number of amides is 1. The number of aryl methyl sites for hydroxylation is 1. The van der Waals surface area contributed by atoms with E-state index in [-0.39, 0.29) is 17.4 Å². The second kappa shape index (κ2) is 6.87. The molecule has 132 valence electrons. The standard InChI is InChI=1S/C21H32N2O/c1-14-6-5-7-16(10-14)20(21(2,3)4)23-19(24)13-15-11-17-8-9-18(12-15)22-17/h5-7,10,15,17-18,20,22H,8-9,11-13H2,1-4H3,(H,23,24). The Labute approximate surface area is 146 Å². The van der Waals surface area contributed by atoms with Gasteiger partial charge in [0.15, 0.2) is 0 Å². The molecule has 1 amide bonds. The Kier molecular flexibility index (Phi) is 5.00. The summed E-state index contributed by atoms with van der Waals surface area (Å²) in [5.41, 5.74) is 2.45. The number of rotatable bonds is 4. The molecule has 2 aliphatic rings. The first kappa shape index (κ1) is 17.5. The minimum atomic E-state index is -0.00337. The third-order valence-electron chi connectivity index (χ3n) is 5.59. The average Bonchev–Trinajstić information content (AvgIpc) is 2.82. The van der Waals surface area contributed by atoms with Gasteiger partial charge in [0, 0.05) is 18.5 Å². The normalized spacial score (nSPS) is 27.8. The first-order chi connectivity index (χ1) is 11.3. The van der Waals surface area contributed by atoms with Crippen molar-refractivity contribution in [3.8, 4) is 0 Å². The SMILES string of the molecule is Cc1cccc(C(NC(=O)CC2CC3CCC(C2)N3)C(C)(C)C)c1. The van der Waals surface area contributed by atoms with Crippen molar-refractivity contribution in [3.63, 3.8) is 0 Å². The molecule has 2 heterocycles. The van der Waals surface area contributed by atoms with Gasteiger partial charge in [-0.15, -0.1) is 0 Å². The smallest absolute Gasteiger partial charge is 0.220 e. The van der Waals surface area contributed by atoms with Crippen molar-refractivity contribution in [2.24, 2.45) is 11.3 Å². The van der Waals surface area contributed by atoms with E-state index in [1.54, 1.807) is 0 Å². The van der Waals surface area contributed by atoms with E-state index in [1.165, 1.54) is 24.0 Å². The molecule has 1 aromatic carbocycles. The molecule has 0 spiro atoms. The fourth-order valence-corrected chi connectivity index (χ4v) is 4.47. The maximum atomic E-state index is 12.7. The molecular weight excluding hydrogens is 296 g/mol. The number of piperidine rings is 1. The Morgan fingerprint density at radius 2 is 1.92 bits per heavy atom. The van der Waals surface area contributed by atoms with E-state index in [1.807, 2.05) is 0 Å². The molecular formula is C21H32N2O. The van der Waals surface area contributed by atoms with Crippen LogP contribution in [0.25, 0.3) is 0 Å². The molecule has 2 fully saturated rings. The summed E-state index contributed by atoms with van der Waals surface area (Å²) in [6.45, 7) is 8.71. The third-order valence-corrected chi connectivity index (χ3v) is 5.59. The number of hydrogen-bond acceptors (Lipinski definition) is 2. The van der Waals surface area contributed by atoms with Crippen molar-refractivity contribution in [1.29, 1.82) is 0 Å².